The van der Waals surface area contributed by atoms with Gasteiger partial charge in [0.2, 0.25) is 0 Å². The van der Waals surface area contributed by atoms with Crippen LogP contribution in [-0.2, 0) is 6.54 Å². The van der Waals surface area contributed by atoms with Crippen LogP contribution in [0.3, 0.4) is 0 Å². The van der Waals surface area contributed by atoms with E-state index in [2.05, 4.69) is 15.7 Å². The summed E-state index contributed by atoms with van der Waals surface area (Å²) in [5.74, 6) is 1.29. The van der Waals surface area contributed by atoms with E-state index >= 15 is 0 Å². The molecular weight excluding hydrogens is 308 g/mol. The molecule has 130 valence electrons. The van der Waals surface area contributed by atoms with Crippen LogP contribution in [0.4, 0.5) is 4.79 Å². The summed E-state index contributed by atoms with van der Waals surface area (Å²) >= 11 is 0. The van der Waals surface area contributed by atoms with Crippen molar-refractivity contribution in [3.8, 4) is 11.5 Å². The van der Waals surface area contributed by atoms with E-state index in [9.17, 15) is 4.79 Å². The van der Waals surface area contributed by atoms with Crippen molar-refractivity contribution in [2.75, 3.05) is 14.2 Å². The smallest absolute Gasteiger partial charge is 0.315 e. The number of nitrogens with one attached hydrogen (secondary N) is 2. The molecule has 24 heavy (non-hydrogen) atoms. The molecule has 0 spiro atoms. The molecule has 0 bridgehead atoms. The SMILES string of the molecule is COc1ccc([C@@H](C)NC(=O)N[C@@H](C)Cn2cccn2)cc1OC. The summed E-state index contributed by atoms with van der Waals surface area (Å²) < 4.78 is 12.3. The van der Waals surface area contributed by atoms with E-state index in [4.69, 9.17) is 9.47 Å². The Morgan fingerprint density at radius 3 is 2.58 bits per heavy atom. The Kier molecular flexibility index (Phi) is 6.06. The van der Waals surface area contributed by atoms with Crippen LogP contribution in [0.2, 0.25) is 0 Å². The second-order valence-electron chi connectivity index (χ2n) is 5.58. The van der Waals surface area contributed by atoms with Gasteiger partial charge in [0.25, 0.3) is 0 Å². The molecule has 0 fully saturated rings. The van der Waals surface area contributed by atoms with E-state index in [0.717, 1.165) is 5.56 Å². The first-order valence-corrected chi connectivity index (χ1v) is 7.80. The fourth-order valence-electron chi connectivity index (χ4n) is 2.40. The predicted molar refractivity (Wildman–Crippen MR) is 91.3 cm³/mol. The summed E-state index contributed by atoms with van der Waals surface area (Å²) in [6, 6.07) is 7.01. The van der Waals surface area contributed by atoms with Gasteiger partial charge in [0.15, 0.2) is 11.5 Å². The molecule has 2 amide bonds. The molecule has 0 aliphatic rings. The Morgan fingerprint density at radius 1 is 1.21 bits per heavy atom. The Balaban J connectivity index is 1.91. The van der Waals surface area contributed by atoms with Crippen molar-refractivity contribution in [1.29, 1.82) is 0 Å². The Bertz CT molecular complexity index is 658. The van der Waals surface area contributed by atoms with Crippen LogP contribution in [-0.4, -0.2) is 36.1 Å². The first-order chi connectivity index (χ1) is 11.5. The molecule has 0 unspecified atom stereocenters. The number of carbonyl (C=O) groups excluding carboxylic acids is 1. The first-order valence-electron chi connectivity index (χ1n) is 7.80. The van der Waals surface area contributed by atoms with Crippen LogP contribution >= 0.6 is 0 Å². The number of ether oxygens (including phenoxy) is 2. The highest BCUT2D eigenvalue weighted by atomic mass is 16.5. The van der Waals surface area contributed by atoms with Gasteiger partial charge in [-0.2, -0.15) is 5.10 Å². The van der Waals surface area contributed by atoms with Crippen molar-refractivity contribution in [2.24, 2.45) is 0 Å². The zero-order chi connectivity index (χ0) is 17.5. The summed E-state index contributed by atoms with van der Waals surface area (Å²) in [4.78, 5) is 12.1. The molecule has 1 aromatic carbocycles. The van der Waals surface area contributed by atoms with Gasteiger partial charge in [-0.15, -0.1) is 0 Å². The van der Waals surface area contributed by atoms with E-state index in [0.29, 0.717) is 18.0 Å². The van der Waals surface area contributed by atoms with Gasteiger partial charge in [-0.1, -0.05) is 6.07 Å². The summed E-state index contributed by atoms with van der Waals surface area (Å²) in [5.41, 5.74) is 0.933. The molecule has 1 aromatic heterocycles. The summed E-state index contributed by atoms with van der Waals surface area (Å²) in [7, 11) is 3.18. The average Bonchev–Trinajstić information content (AvgIpc) is 3.06. The fraction of sp³-hybridized carbons (Fsp3) is 0.412. The maximum Gasteiger partial charge on any atom is 0.315 e. The van der Waals surface area contributed by atoms with E-state index in [1.807, 2.05) is 44.3 Å². The third-order valence-electron chi connectivity index (χ3n) is 3.65. The normalized spacial score (nSPS) is 13.0. The Hall–Kier alpha value is -2.70. The van der Waals surface area contributed by atoms with Crippen molar-refractivity contribution in [2.45, 2.75) is 32.5 Å². The van der Waals surface area contributed by atoms with Crippen LogP contribution in [0.5, 0.6) is 11.5 Å². The third-order valence-corrected chi connectivity index (χ3v) is 3.65. The van der Waals surface area contributed by atoms with Gasteiger partial charge in [0.05, 0.1) is 26.8 Å². The average molecular weight is 332 g/mol. The Morgan fingerprint density at radius 2 is 1.96 bits per heavy atom. The van der Waals surface area contributed by atoms with E-state index in [-0.39, 0.29) is 18.1 Å². The van der Waals surface area contributed by atoms with Crippen LogP contribution in [0, 0.1) is 0 Å². The van der Waals surface area contributed by atoms with Crippen molar-refractivity contribution in [3.63, 3.8) is 0 Å². The lowest BCUT2D eigenvalue weighted by molar-refractivity contribution is 0.233. The second kappa shape index (κ2) is 8.24. The number of benzene rings is 1. The van der Waals surface area contributed by atoms with Gasteiger partial charge in [-0.3, -0.25) is 4.68 Å². The summed E-state index contributed by atoms with van der Waals surface area (Å²) in [5, 5.41) is 9.95. The molecule has 0 aliphatic carbocycles. The number of aromatic nitrogens is 2. The number of carbonyl (C=O) groups is 1. The minimum atomic E-state index is -0.225. The molecule has 7 nitrogen and oxygen atoms in total. The van der Waals surface area contributed by atoms with Gasteiger partial charge in [0.1, 0.15) is 0 Å². The van der Waals surface area contributed by atoms with Gasteiger partial charge < -0.3 is 20.1 Å². The fourth-order valence-corrected chi connectivity index (χ4v) is 2.40. The minimum Gasteiger partial charge on any atom is -0.493 e. The van der Waals surface area contributed by atoms with Crippen molar-refractivity contribution in [1.82, 2.24) is 20.4 Å². The van der Waals surface area contributed by atoms with E-state index < -0.39 is 0 Å². The summed E-state index contributed by atoms with van der Waals surface area (Å²) in [6.07, 6.45) is 3.58. The van der Waals surface area contributed by atoms with Gasteiger partial charge in [0, 0.05) is 18.4 Å². The van der Waals surface area contributed by atoms with Gasteiger partial charge >= 0.3 is 6.03 Å². The maximum atomic E-state index is 12.1. The largest absolute Gasteiger partial charge is 0.493 e. The molecule has 0 saturated heterocycles. The number of urea groups is 1. The van der Waals surface area contributed by atoms with Crippen molar-refractivity contribution < 1.29 is 14.3 Å². The first kappa shape index (κ1) is 17.7. The highest BCUT2D eigenvalue weighted by Crippen LogP contribution is 2.29. The number of hydrogen-bond donors (Lipinski definition) is 2. The van der Waals surface area contributed by atoms with Gasteiger partial charge in [-0.25, -0.2) is 4.79 Å². The molecule has 1 heterocycles. The number of rotatable bonds is 7. The predicted octanol–water partition coefficient (Wildman–Crippen LogP) is 2.35. The topological polar surface area (TPSA) is 77.4 Å². The lowest BCUT2D eigenvalue weighted by Crippen LogP contribution is -2.43. The maximum absolute atomic E-state index is 12.1. The number of nitrogens with zero attached hydrogens (tertiary/aromatic N) is 2. The number of methoxy groups -OCH3 is 2. The lowest BCUT2D eigenvalue weighted by Gasteiger charge is -2.19. The molecule has 2 N–H and O–H groups in total. The number of hydrogen-bond acceptors (Lipinski definition) is 4. The van der Waals surface area contributed by atoms with Crippen molar-refractivity contribution >= 4 is 6.03 Å². The standard InChI is InChI=1S/C17H24N4O3/c1-12(11-21-9-5-8-18-21)19-17(22)20-13(2)14-6-7-15(23-3)16(10-14)24-4/h5-10,12-13H,11H2,1-4H3,(H2,19,20,22)/t12-,13+/m0/s1. The molecule has 0 radical (unpaired) electrons. The molecule has 0 saturated carbocycles. The highest BCUT2D eigenvalue weighted by molar-refractivity contribution is 5.74. The van der Waals surface area contributed by atoms with Crippen molar-refractivity contribution in [3.05, 3.63) is 42.2 Å². The van der Waals surface area contributed by atoms with E-state index in [1.165, 1.54) is 0 Å². The molecule has 2 atom stereocenters. The highest BCUT2D eigenvalue weighted by Gasteiger charge is 2.14. The molecule has 2 rings (SSSR count). The lowest BCUT2D eigenvalue weighted by atomic mass is 10.1. The second-order valence-corrected chi connectivity index (χ2v) is 5.58. The minimum absolute atomic E-state index is 0.0393. The molecule has 0 aliphatic heterocycles. The monoisotopic (exact) mass is 332 g/mol. The molecule has 7 heteroatoms. The van der Waals surface area contributed by atoms with Crippen LogP contribution < -0.4 is 20.1 Å². The quantitative estimate of drug-likeness (QED) is 0.816. The van der Waals surface area contributed by atoms with E-state index in [1.54, 1.807) is 25.1 Å². The zero-order valence-corrected chi connectivity index (χ0v) is 14.4. The molecule has 2 aromatic rings. The van der Waals surface area contributed by atoms with Gasteiger partial charge in [-0.05, 0) is 37.6 Å². The summed E-state index contributed by atoms with van der Waals surface area (Å²) in [6.45, 7) is 4.46. The zero-order valence-electron chi connectivity index (χ0n) is 14.4. The Labute approximate surface area is 142 Å². The van der Waals surface area contributed by atoms with Crippen LogP contribution in [0.1, 0.15) is 25.5 Å². The molecular formula is C17H24N4O3. The number of amides is 2. The van der Waals surface area contributed by atoms with Crippen LogP contribution in [0.15, 0.2) is 36.7 Å². The third kappa shape index (κ3) is 4.65. The van der Waals surface area contributed by atoms with Crippen LogP contribution in [0.25, 0.3) is 0 Å².